The van der Waals surface area contributed by atoms with Crippen LogP contribution in [0.1, 0.15) is 127 Å². The number of nitrogens with zero attached hydrogens (tertiary/aromatic N) is 4. The van der Waals surface area contributed by atoms with Crippen molar-refractivity contribution in [1.82, 2.24) is 104 Å². The van der Waals surface area contributed by atoms with Gasteiger partial charge in [0, 0.05) is 136 Å². The Morgan fingerprint density at radius 3 is 1.10 bits per heavy atom. The van der Waals surface area contributed by atoms with Gasteiger partial charge in [0.15, 0.2) is 23.8 Å². The van der Waals surface area contributed by atoms with Crippen LogP contribution in [0.2, 0.25) is 0 Å². The number of carboxylic acid groups (broad SMARTS) is 2. The van der Waals surface area contributed by atoms with Gasteiger partial charge in [0.25, 0.3) is 0 Å². The fourth-order valence-corrected chi connectivity index (χ4v) is 17.9. The molecule has 0 bridgehead atoms. The molecule has 2 saturated heterocycles. The number of amides is 16. The van der Waals surface area contributed by atoms with Gasteiger partial charge in [-0.1, -0.05) is 58.0 Å². The van der Waals surface area contributed by atoms with Crippen molar-refractivity contribution in [2.24, 2.45) is 34.4 Å². The van der Waals surface area contributed by atoms with E-state index in [0.29, 0.717) is 58.6 Å². The van der Waals surface area contributed by atoms with Gasteiger partial charge >= 0.3 is 11.9 Å². The summed E-state index contributed by atoms with van der Waals surface area (Å²) in [4.78, 5) is 259. The number of rotatable bonds is 61. The molecule has 6 rings (SSSR count). The zero-order valence-electron chi connectivity index (χ0n) is 76.5. The first-order valence-electron chi connectivity index (χ1n) is 44.6. The zero-order chi connectivity index (χ0) is 102. The molecule has 0 spiro atoms. The number of primary amides is 2. The highest BCUT2D eigenvalue weighted by molar-refractivity contribution is 8.76. The van der Waals surface area contributed by atoms with Crippen molar-refractivity contribution in [2.45, 2.75) is 201 Å². The maximum Gasteiger partial charge on any atom is 0.305 e. The minimum Gasteiger partial charge on any atom is -0.481 e. The van der Waals surface area contributed by atoms with E-state index in [0.717, 1.165) is 9.80 Å². The average Bonchev–Trinajstić information content (AvgIpc) is 1.65. The fraction of sp³-hybridized carbons (Fsp3) is 0.548. The minimum absolute atomic E-state index is 0.0428. The number of guanidine groups is 4. The van der Waals surface area contributed by atoms with Crippen LogP contribution in [0.3, 0.4) is 0 Å². The summed E-state index contributed by atoms with van der Waals surface area (Å²) in [5, 5.41) is 87.5. The molecule has 758 valence electrons. The molecule has 16 amide bonds. The van der Waals surface area contributed by atoms with Crippen molar-refractivity contribution in [2.75, 3.05) is 89.5 Å². The van der Waals surface area contributed by atoms with Gasteiger partial charge in [-0.05, 0) is 113 Å². The van der Waals surface area contributed by atoms with E-state index >= 15 is 0 Å². The number of fused-ring (bicyclic) bond motifs is 2. The zero-order valence-corrected chi connectivity index (χ0v) is 80.0. The second-order valence-corrected chi connectivity index (χ2v) is 36.2. The Bertz CT molecular complexity index is 4690. The van der Waals surface area contributed by atoms with Crippen molar-refractivity contribution in [3.05, 3.63) is 72.1 Å². The number of aromatic amines is 2. The number of hydrogen-bond acceptors (Lipinski definition) is 26. The number of unbranched alkanes of at least 4 members (excludes halogenated alkanes) is 2. The molecule has 0 aliphatic carbocycles. The van der Waals surface area contributed by atoms with E-state index in [9.17, 15) is 96.5 Å². The Morgan fingerprint density at radius 2 is 0.768 bits per heavy atom. The molecule has 2 aliphatic rings. The van der Waals surface area contributed by atoms with Crippen molar-refractivity contribution < 1.29 is 96.5 Å². The summed E-state index contributed by atoms with van der Waals surface area (Å²) in [7, 11) is 5.07. The van der Waals surface area contributed by atoms with Gasteiger partial charge in [0.1, 0.15) is 72.5 Å². The number of benzene rings is 2. The van der Waals surface area contributed by atoms with Crippen molar-refractivity contribution in [1.29, 1.82) is 21.6 Å². The second kappa shape index (κ2) is 58.1. The Balaban J connectivity index is 1.10. The van der Waals surface area contributed by atoms with Gasteiger partial charge < -0.3 is 149 Å². The van der Waals surface area contributed by atoms with Crippen LogP contribution in [0.4, 0.5) is 0 Å². The Labute approximate surface area is 813 Å². The smallest absolute Gasteiger partial charge is 0.305 e. The summed E-state index contributed by atoms with van der Waals surface area (Å²) in [6.07, 6.45) is 2.30. The van der Waals surface area contributed by atoms with Crippen LogP contribution in [-0.2, 0) is 99.1 Å². The summed E-state index contributed by atoms with van der Waals surface area (Å²) in [5.41, 5.74) is 35.4. The van der Waals surface area contributed by atoms with Crippen LogP contribution in [0.25, 0.3) is 21.8 Å². The van der Waals surface area contributed by atoms with Crippen molar-refractivity contribution in [3.63, 3.8) is 0 Å². The molecule has 34 N–H and O–H groups in total. The van der Waals surface area contributed by atoms with Gasteiger partial charge in [0.2, 0.25) is 94.5 Å². The standard InChI is InChI=1S/C84H128N30O20S4/c1-111(59(21-11-29-97-83(91)92)75(129)105-51(19-7-9-27-95-81(87)88)71(125)101-41-63(115)103-53(37-67(119)120)73(127)107-55(35-45-39-99-49-17-5-3-15-47(45)49)79(133)113-31-13-23-61(113)77(131)109-57(43-135)69(85)123)65(117)25-33-137-138-34-26-66(118)112(2)60(22-12-30-98-84(93)94)76(130)106-52(20-8-10-28-96-82(89)90)72(126)102-42-64(116)104-54(38-68(121)122)74(128)108-56(36-46-40-100-50-18-6-4-16-48(46)50)80(134)114-32-14-24-62(114)78(132)110-58(44-136)70(86)124/h3-6,15-18,39-40,51-62,99-100,135-136H,7-14,19-38,41-44H2,1-2H3,(H2,85,123)(H2,86,124)(H,101,125)(H,102,126)(H,103,115)(H,104,116)(H,105,129)(H,106,130)(H,107,127)(H,108,128)(H,109,131)(H,110,132)(H,119,120)(H,121,122)(H4,87,88,95)(H4,89,90,96)(H4,91,92,97)(H4,93,94,98)/t51-,52-,53-,54-,55-,56-,57-,58-,59-,60-,61-,62-/m0/s1. The Morgan fingerprint density at radius 1 is 0.428 bits per heavy atom. The molecule has 54 heteroatoms. The van der Waals surface area contributed by atoms with Crippen LogP contribution in [0.5, 0.6) is 0 Å². The van der Waals surface area contributed by atoms with Gasteiger partial charge in [-0.15, -0.1) is 0 Å². The third-order valence-corrected chi connectivity index (χ3v) is 25.7. The molecule has 4 heterocycles. The third-order valence-electron chi connectivity index (χ3n) is 22.6. The quantitative estimate of drug-likeness (QED) is 0.00643. The van der Waals surface area contributed by atoms with Gasteiger partial charge in [-0.3, -0.25) is 108 Å². The maximum atomic E-state index is 14.7. The van der Waals surface area contributed by atoms with Crippen LogP contribution in [0.15, 0.2) is 60.9 Å². The highest BCUT2D eigenvalue weighted by atomic mass is 33.1. The van der Waals surface area contributed by atoms with Crippen molar-refractivity contribution in [3.8, 4) is 0 Å². The monoisotopic (exact) mass is 2000 g/mol. The first-order chi connectivity index (χ1) is 65.6. The summed E-state index contributed by atoms with van der Waals surface area (Å²) in [6, 6.07) is -2.73. The fourth-order valence-electron chi connectivity index (χ4n) is 15.4. The maximum absolute atomic E-state index is 14.7. The molecule has 2 aromatic carbocycles. The van der Waals surface area contributed by atoms with Crippen LogP contribution in [-0.4, -0.2) is 332 Å². The second-order valence-electron chi connectivity index (χ2n) is 32.7. The highest BCUT2D eigenvalue weighted by Crippen LogP contribution is 2.28. The predicted octanol–water partition coefficient (Wildman–Crippen LogP) is -6.04. The summed E-state index contributed by atoms with van der Waals surface area (Å²) in [5.74, 6) is -18.5. The molecular formula is C84H128N30O20S4. The average molecular weight is 2010 g/mol. The van der Waals surface area contributed by atoms with E-state index in [4.69, 9.17) is 56.0 Å². The number of para-hydroxylation sites is 2. The molecule has 2 aliphatic heterocycles. The van der Waals surface area contributed by atoms with E-state index in [-0.39, 0.29) is 176 Å². The SMILES string of the molecule is CN(C(=O)CCSSCCC(=O)N(C)[C@@H](CCCNC(=N)N)C(=O)N[C@@H](CCCCNC(=N)N)C(=O)NCC(=O)N[C@@H](CC(=O)O)C(=O)N[C@@H](Cc1c[nH]c2ccccc12)C(=O)N1CCC[C@H]1C(=O)N[C@@H](CS)C(N)=O)[C@@H](CCCNC(=N)N)C(=O)N[C@@H](CCCCNC(=N)N)C(=O)NCC(=O)N[C@@H](CC(=O)O)C(=O)N[C@@H](Cc1c[nH]c2ccccc12)C(=O)N1CCC[C@H]1C(=O)N[C@@H](CS)C(N)=O. The Kier molecular flexibility index (Phi) is 47.7. The van der Waals surface area contributed by atoms with E-state index in [2.05, 4.69) is 110 Å². The van der Waals surface area contributed by atoms with Gasteiger partial charge in [-0.2, -0.15) is 25.3 Å². The van der Waals surface area contributed by atoms with E-state index in [1.165, 1.54) is 45.5 Å². The molecule has 0 unspecified atom stereocenters. The summed E-state index contributed by atoms with van der Waals surface area (Å²) < 4.78 is 0. The minimum atomic E-state index is -1.88. The highest BCUT2D eigenvalue weighted by Gasteiger charge is 2.43. The number of carboxylic acids is 2. The summed E-state index contributed by atoms with van der Waals surface area (Å²) >= 11 is 8.20. The number of carbonyl (C=O) groups excluding carboxylic acids is 16. The van der Waals surface area contributed by atoms with Crippen LogP contribution in [0, 0.1) is 21.6 Å². The van der Waals surface area contributed by atoms with Crippen molar-refractivity contribution >= 4 is 199 Å². The molecule has 0 saturated carbocycles. The first kappa shape index (κ1) is 113. The molecule has 12 atom stereocenters. The number of aliphatic carboxylic acids is 2. The van der Waals surface area contributed by atoms with E-state index in [1.54, 1.807) is 60.9 Å². The topological polar surface area (TPSA) is 812 Å². The largest absolute Gasteiger partial charge is 0.481 e. The number of thiol groups is 2. The molecule has 2 fully saturated rings. The number of nitrogens with one attached hydrogen (secondary N) is 20. The van der Waals surface area contributed by atoms with E-state index in [1.807, 2.05) is 0 Å². The first-order valence-corrected chi connectivity index (χ1v) is 48.4. The predicted molar refractivity (Wildman–Crippen MR) is 519 cm³/mol. The van der Waals surface area contributed by atoms with Crippen LogP contribution >= 0.6 is 46.8 Å². The lowest BCUT2D eigenvalue weighted by atomic mass is 10.0. The Hall–Kier alpha value is -13.5. The lowest BCUT2D eigenvalue weighted by Crippen LogP contribution is -2.59. The number of nitrogens with two attached hydrogens (primary N) is 6. The number of carbonyl (C=O) groups is 18. The number of likely N-dealkylation sites (N-methyl/N-ethyl adjacent to an activating group) is 2. The molecule has 0 radical (unpaired) electrons. The van der Waals surface area contributed by atoms with E-state index < -0.39 is 205 Å². The summed E-state index contributed by atoms with van der Waals surface area (Å²) in [6.45, 7) is -1.26. The number of aromatic nitrogens is 2. The van der Waals surface area contributed by atoms with Crippen LogP contribution < -0.4 is 109 Å². The molecule has 50 nitrogen and oxygen atoms in total. The number of hydrogen-bond donors (Lipinski definition) is 30. The molecule has 2 aromatic heterocycles. The number of likely N-dealkylation sites (tertiary alicyclic amines) is 2. The molecular weight excluding hydrogens is 1880 g/mol. The normalized spacial score (nSPS) is 15.4. The number of H-pyrrole nitrogens is 2. The molecule has 4 aromatic rings. The third kappa shape index (κ3) is 37.5. The van der Waals surface area contributed by atoms with Gasteiger partial charge in [0.05, 0.1) is 25.9 Å². The lowest BCUT2D eigenvalue weighted by Gasteiger charge is -2.30. The molecule has 138 heavy (non-hydrogen) atoms. The lowest BCUT2D eigenvalue weighted by molar-refractivity contribution is -0.143. The van der Waals surface area contributed by atoms with Gasteiger partial charge in [-0.25, -0.2) is 0 Å².